The van der Waals surface area contributed by atoms with Gasteiger partial charge in [0, 0.05) is 0 Å². The summed E-state index contributed by atoms with van der Waals surface area (Å²) in [6, 6.07) is 12.2. The molecule has 2 rings (SSSR count). The molecule has 0 aliphatic carbocycles. The van der Waals surface area contributed by atoms with Crippen molar-refractivity contribution < 1.29 is 4.74 Å². The topological polar surface area (TPSA) is 35.2 Å². The fraction of sp³-hybridized carbons (Fsp3) is 0.294. The number of nitrogens with two attached hydrogens (primary N) is 1. The Labute approximate surface area is 125 Å². The van der Waals surface area contributed by atoms with Gasteiger partial charge in [0.2, 0.25) is 0 Å². The number of ether oxygens (including phenoxy) is 1. The van der Waals surface area contributed by atoms with Crippen molar-refractivity contribution in [3.8, 4) is 5.75 Å². The van der Waals surface area contributed by atoms with Crippen LogP contribution in [0, 0.1) is 13.8 Å². The monoisotopic (exact) mass is 289 g/mol. The Bertz CT molecular complexity index is 596. The van der Waals surface area contributed by atoms with Crippen molar-refractivity contribution in [2.75, 3.05) is 6.54 Å². The predicted molar refractivity (Wildman–Crippen MR) is 84.5 cm³/mol. The van der Waals surface area contributed by atoms with Crippen LogP contribution in [0.4, 0.5) is 0 Å². The smallest absolute Gasteiger partial charge is 0.141 e. The largest absolute Gasteiger partial charge is 0.487 e. The highest BCUT2D eigenvalue weighted by Gasteiger charge is 2.09. The van der Waals surface area contributed by atoms with E-state index in [2.05, 4.69) is 32.0 Å². The molecule has 0 aliphatic rings. The summed E-state index contributed by atoms with van der Waals surface area (Å²) in [6.45, 7) is 5.28. The molecule has 0 radical (unpaired) electrons. The van der Waals surface area contributed by atoms with Crippen molar-refractivity contribution in [1.29, 1.82) is 0 Å². The fourth-order valence-corrected chi connectivity index (χ4v) is 2.42. The average molecular weight is 290 g/mol. The lowest BCUT2D eigenvalue weighted by molar-refractivity contribution is 0.302. The van der Waals surface area contributed by atoms with E-state index in [1.807, 2.05) is 18.2 Å². The molecule has 0 heterocycles. The van der Waals surface area contributed by atoms with E-state index in [0.717, 1.165) is 17.7 Å². The van der Waals surface area contributed by atoms with Gasteiger partial charge in [0.25, 0.3) is 0 Å². The zero-order chi connectivity index (χ0) is 14.5. The molecule has 2 N–H and O–H groups in total. The van der Waals surface area contributed by atoms with Crippen LogP contribution in [0.3, 0.4) is 0 Å². The number of aryl methyl sites for hydroxylation is 2. The van der Waals surface area contributed by atoms with Crippen LogP contribution < -0.4 is 10.5 Å². The Hall–Kier alpha value is -1.51. The van der Waals surface area contributed by atoms with Crippen molar-refractivity contribution in [3.63, 3.8) is 0 Å². The maximum atomic E-state index is 6.24. The third kappa shape index (κ3) is 3.53. The van der Waals surface area contributed by atoms with E-state index in [1.165, 1.54) is 16.7 Å². The fourth-order valence-electron chi connectivity index (χ4n) is 2.17. The molecule has 2 aromatic rings. The van der Waals surface area contributed by atoms with Gasteiger partial charge < -0.3 is 10.5 Å². The maximum absolute atomic E-state index is 6.24. The molecule has 0 aliphatic heterocycles. The molecule has 0 fully saturated rings. The highest BCUT2D eigenvalue weighted by atomic mass is 35.5. The summed E-state index contributed by atoms with van der Waals surface area (Å²) >= 11 is 6.24. The number of hydrogen-bond donors (Lipinski definition) is 1. The molecule has 0 bridgehead atoms. The molecule has 0 amide bonds. The Morgan fingerprint density at radius 3 is 2.65 bits per heavy atom. The molecule has 0 saturated heterocycles. The average Bonchev–Trinajstić information content (AvgIpc) is 2.42. The van der Waals surface area contributed by atoms with Gasteiger partial charge in [-0.15, -0.1) is 0 Å². The zero-order valence-electron chi connectivity index (χ0n) is 11.9. The van der Waals surface area contributed by atoms with Crippen LogP contribution in [0.1, 0.15) is 22.3 Å². The van der Waals surface area contributed by atoms with Gasteiger partial charge in [-0.2, -0.15) is 0 Å². The van der Waals surface area contributed by atoms with E-state index in [-0.39, 0.29) is 0 Å². The summed E-state index contributed by atoms with van der Waals surface area (Å²) < 4.78 is 5.95. The Balaban J connectivity index is 2.20. The summed E-state index contributed by atoms with van der Waals surface area (Å²) in [5.74, 6) is 0.750. The van der Waals surface area contributed by atoms with E-state index >= 15 is 0 Å². The molecule has 20 heavy (non-hydrogen) atoms. The number of benzene rings is 2. The first-order valence-corrected chi connectivity index (χ1v) is 7.16. The van der Waals surface area contributed by atoms with Crippen molar-refractivity contribution in [2.45, 2.75) is 26.9 Å². The molecule has 0 aromatic heterocycles. The van der Waals surface area contributed by atoms with Crippen molar-refractivity contribution >= 4 is 11.6 Å². The number of hydrogen-bond acceptors (Lipinski definition) is 2. The van der Waals surface area contributed by atoms with E-state index in [9.17, 15) is 0 Å². The van der Waals surface area contributed by atoms with Crippen molar-refractivity contribution in [2.24, 2.45) is 5.73 Å². The maximum Gasteiger partial charge on any atom is 0.141 e. The summed E-state index contributed by atoms with van der Waals surface area (Å²) in [5, 5.41) is 0.640. The summed E-state index contributed by atoms with van der Waals surface area (Å²) in [4.78, 5) is 0. The molecule has 3 heteroatoms. The quantitative estimate of drug-likeness (QED) is 0.902. The Kier molecular flexibility index (Phi) is 5.05. The summed E-state index contributed by atoms with van der Waals surface area (Å²) in [5.41, 5.74) is 10.3. The highest BCUT2D eigenvalue weighted by molar-refractivity contribution is 6.32. The molecule has 2 nitrogen and oxygen atoms in total. The molecular weight excluding hydrogens is 270 g/mol. The minimum absolute atomic E-state index is 0.523. The first-order valence-electron chi connectivity index (χ1n) is 6.78. The molecule has 106 valence electrons. The normalized spacial score (nSPS) is 10.6. The van der Waals surface area contributed by atoms with Gasteiger partial charge in [-0.3, -0.25) is 0 Å². The first-order chi connectivity index (χ1) is 9.61. The summed E-state index contributed by atoms with van der Waals surface area (Å²) in [6.07, 6.45) is 0.767. The molecule has 0 spiro atoms. The predicted octanol–water partition coefficient (Wildman–Crippen LogP) is 4.04. The SMILES string of the molecule is Cc1ccc(C)c(COc2c(Cl)cccc2CCN)c1. The van der Waals surface area contributed by atoms with Crippen LogP contribution in [0.25, 0.3) is 0 Å². The van der Waals surface area contributed by atoms with E-state index in [4.69, 9.17) is 22.1 Å². The second kappa shape index (κ2) is 6.78. The number of para-hydroxylation sites is 1. The second-order valence-electron chi connectivity index (χ2n) is 4.99. The molecular formula is C17H20ClNO. The lowest BCUT2D eigenvalue weighted by Gasteiger charge is -2.14. The third-order valence-electron chi connectivity index (χ3n) is 3.34. The lowest BCUT2D eigenvalue weighted by atomic mass is 10.1. The van der Waals surface area contributed by atoms with E-state index in [1.54, 1.807) is 0 Å². The lowest BCUT2D eigenvalue weighted by Crippen LogP contribution is -2.06. The van der Waals surface area contributed by atoms with Crippen LogP contribution >= 0.6 is 11.6 Å². The van der Waals surface area contributed by atoms with Gasteiger partial charge in [0.05, 0.1) is 5.02 Å². The Morgan fingerprint density at radius 1 is 1.10 bits per heavy atom. The van der Waals surface area contributed by atoms with Gasteiger partial charge in [-0.25, -0.2) is 0 Å². The van der Waals surface area contributed by atoms with Crippen LogP contribution in [0.2, 0.25) is 5.02 Å². The first kappa shape index (κ1) is 14.9. The van der Waals surface area contributed by atoms with Gasteiger partial charge in [-0.05, 0) is 49.6 Å². The molecule has 2 aromatic carbocycles. The van der Waals surface area contributed by atoms with Crippen LogP contribution in [-0.2, 0) is 13.0 Å². The highest BCUT2D eigenvalue weighted by Crippen LogP contribution is 2.30. The van der Waals surface area contributed by atoms with Crippen LogP contribution in [0.15, 0.2) is 36.4 Å². The molecule has 0 saturated carbocycles. The van der Waals surface area contributed by atoms with Gasteiger partial charge >= 0.3 is 0 Å². The van der Waals surface area contributed by atoms with Crippen LogP contribution in [0.5, 0.6) is 5.75 Å². The number of halogens is 1. The third-order valence-corrected chi connectivity index (χ3v) is 3.64. The van der Waals surface area contributed by atoms with E-state index in [0.29, 0.717) is 18.2 Å². The minimum Gasteiger partial charge on any atom is -0.487 e. The standard InChI is InChI=1S/C17H20ClNO/c1-12-6-7-13(2)15(10-12)11-20-17-14(8-9-19)4-3-5-16(17)18/h3-7,10H,8-9,11,19H2,1-2H3. The summed E-state index contributed by atoms with van der Waals surface area (Å²) in [7, 11) is 0. The van der Waals surface area contributed by atoms with Crippen LogP contribution in [-0.4, -0.2) is 6.54 Å². The second-order valence-corrected chi connectivity index (χ2v) is 5.39. The van der Waals surface area contributed by atoms with E-state index < -0.39 is 0 Å². The zero-order valence-corrected chi connectivity index (χ0v) is 12.7. The minimum atomic E-state index is 0.523. The number of rotatable bonds is 5. The Morgan fingerprint density at radius 2 is 1.90 bits per heavy atom. The van der Waals surface area contributed by atoms with Gasteiger partial charge in [-0.1, -0.05) is 47.5 Å². The van der Waals surface area contributed by atoms with Gasteiger partial charge in [0.15, 0.2) is 0 Å². The molecule has 0 unspecified atom stereocenters. The van der Waals surface area contributed by atoms with Crippen molar-refractivity contribution in [1.82, 2.24) is 0 Å². The molecule has 0 atom stereocenters. The van der Waals surface area contributed by atoms with Crippen molar-refractivity contribution in [3.05, 3.63) is 63.7 Å². The van der Waals surface area contributed by atoms with Gasteiger partial charge in [0.1, 0.15) is 12.4 Å².